The van der Waals surface area contributed by atoms with Gasteiger partial charge in [-0.2, -0.15) is 4.57 Å². The average molecular weight is 411 g/mol. The summed E-state index contributed by atoms with van der Waals surface area (Å²) in [7, 11) is 2.14. The van der Waals surface area contributed by atoms with Gasteiger partial charge in [0.05, 0.1) is 10.8 Å². The van der Waals surface area contributed by atoms with E-state index in [2.05, 4.69) is 91.3 Å². The first-order chi connectivity index (χ1) is 10.8. The lowest BCUT2D eigenvalue weighted by Crippen LogP contribution is -3.00. The molecule has 0 radical (unpaired) electrons. The van der Waals surface area contributed by atoms with E-state index in [9.17, 15) is 0 Å². The molecule has 0 atom stereocenters. The van der Waals surface area contributed by atoms with E-state index < -0.39 is 0 Å². The molecule has 0 fully saturated rings. The van der Waals surface area contributed by atoms with Gasteiger partial charge in [-0.15, -0.1) is 0 Å². The van der Waals surface area contributed by atoms with Crippen molar-refractivity contribution in [3.05, 3.63) is 78.4 Å². The summed E-state index contributed by atoms with van der Waals surface area (Å²) in [5.74, 6) is 0. The van der Waals surface area contributed by atoms with Crippen molar-refractivity contribution < 1.29 is 28.5 Å². The second-order valence-corrected chi connectivity index (χ2v) is 5.83. The highest BCUT2D eigenvalue weighted by molar-refractivity contribution is 6.07. The fraction of sp³-hybridized carbons (Fsp3) is 0.0952. The molecule has 1 aromatic heterocycles. The Labute approximate surface area is 153 Å². The average Bonchev–Trinajstić information content (AvgIpc) is 2.57. The maximum absolute atomic E-state index is 2.28. The van der Waals surface area contributed by atoms with E-state index in [0.717, 1.165) is 0 Å². The lowest BCUT2D eigenvalue weighted by molar-refractivity contribution is -0.617. The van der Waals surface area contributed by atoms with Crippen LogP contribution in [0, 0.1) is 6.92 Å². The summed E-state index contributed by atoms with van der Waals surface area (Å²) in [6, 6.07) is 26.1. The van der Waals surface area contributed by atoms with Crippen LogP contribution >= 0.6 is 0 Å². The molecule has 4 aromatic rings. The predicted molar refractivity (Wildman–Crippen MR) is 92.8 cm³/mol. The van der Waals surface area contributed by atoms with E-state index >= 15 is 0 Å². The van der Waals surface area contributed by atoms with Crippen LogP contribution in [0.2, 0.25) is 0 Å². The smallest absolute Gasteiger partial charge is 0.213 e. The van der Waals surface area contributed by atoms with Crippen molar-refractivity contribution in [1.29, 1.82) is 0 Å². The molecule has 4 rings (SSSR count). The zero-order valence-electron chi connectivity index (χ0n) is 13.3. The zero-order chi connectivity index (χ0) is 15.1. The number of pyridine rings is 1. The van der Waals surface area contributed by atoms with Gasteiger partial charge >= 0.3 is 0 Å². The minimum Gasteiger partial charge on any atom is -1.00 e. The predicted octanol–water partition coefficient (Wildman–Crippen LogP) is 1.80. The maximum Gasteiger partial charge on any atom is 0.213 e. The molecule has 0 N–H and O–H groups in total. The van der Waals surface area contributed by atoms with Gasteiger partial charge in [0.2, 0.25) is 11.0 Å². The highest BCUT2D eigenvalue weighted by atomic mass is 127. The molecule has 1 heterocycles. The number of fused-ring (bicyclic) bond motifs is 2. The third-order valence-electron chi connectivity index (χ3n) is 4.41. The molecule has 0 spiro atoms. The maximum atomic E-state index is 2.28. The summed E-state index contributed by atoms with van der Waals surface area (Å²) < 4.78 is 2.28. The number of aryl methyl sites for hydroxylation is 2. The van der Waals surface area contributed by atoms with Gasteiger partial charge in [-0.3, -0.25) is 0 Å². The number of aromatic nitrogens is 1. The molecule has 0 saturated heterocycles. The molecular weight excluding hydrogens is 393 g/mol. The van der Waals surface area contributed by atoms with Gasteiger partial charge in [0.25, 0.3) is 0 Å². The number of rotatable bonds is 1. The van der Waals surface area contributed by atoms with Gasteiger partial charge in [0.1, 0.15) is 7.05 Å². The molecule has 0 aliphatic heterocycles. The first kappa shape index (κ1) is 15.9. The summed E-state index contributed by atoms with van der Waals surface area (Å²) in [5, 5.41) is 2.60. The number of benzene rings is 3. The Morgan fingerprint density at radius 2 is 1.13 bits per heavy atom. The number of hydrogen-bond acceptors (Lipinski definition) is 0. The Morgan fingerprint density at radius 1 is 0.652 bits per heavy atom. The first-order valence-electron chi connectivity index (χ1n) is 7.62. The molecule has 0 aliphatic rings. The van der Waals surface area contributed by atoms with Crippen LogP contribution in [0.25, 0.3) is 32.9 Å². The van der Waals surface area contributed by atoms with Crippen molar-refractivity contribution in [2.45, 2.75) is 6.92 Å². The van der Waals surface area contributed by atoms with Gasteiger partial charge < -0.3 is 24.0 Å². The van der Waals surface area contributed by atoms with Crippen molar-refractivity contribution >= 4 is 21.8 Å². The second-order valence-electron chi connectivity index (χ2n) is 5.83. The van der Waals surface area contributed by atoms with Crippen LogP contribution in [0.4, 0.5) is 0 Å². The van der Waals surface area contributed by atoms with Crippen LogP contribution < -0.4 is 28.5 Å². The van der Waals surface area contributed by atoms with Gasteiger partial charge in [-0.05, 0) is 24.6 Å². The Hall–Kier alpha value is -1.94. The lowest BCUT2D eigenvalue weighted by Gasteiger charge is -2.10. The number of hydrogen-bond donors (Lipinski definition) is 0. The van der Waals surface area contributed by atoms with Crippen LogP contribution in [-0.4, -0.2) is 0 Å². The quantitative estimate of drug-likeness (QED) is 0.256. The SMILES string of the molecule is Cc1ccc(-c2c3ccccc3[n+](C)c3ccccc23)cc1.[I-]. The van der Waals surface area contributed by atoms with E-state index in [4.69, 9.17) is 0 Å². The van der Waals surface area contributed by atoms with E-state index in [1.165, 1.54) is 38.5 Å². The topological polar surface area (TPSA) is 3.88 Å². The lowest BCUT2D eigenvalue weighted by atomic mass is 9.95. The van der Waals surface area contributed by atoms with Gasteiger partial charge in [0.15, 0.2) is 0 Å². The van der Waals surface area contributed by atoms with E-state index in [1.807, 2.05) is 0 Å². The summed E-state index contributed by atoms with van der Waals surface area (Å²) >= 11 is 0. The van der Waals surface area contributed by atoms with E-state index in [0.29, 0.717) is 0 Å². The normalized spacial score (nSPS) is 10.7. The summed E-state index contributed by atoms with van der Waals surface area (Å²) in [4.78, 5) is 0. The molecule has 0 saturated carbocycles. The summed E-state index contributed by atoms with van der Waals surface area (Å²) in [6.07, 6.45) is 0. The summed E-state index contributed by atoms with van der Waals surface area (Å²) in [5.41, 5.74) is 6.41. The molecule has 0 aliphatic carbocycles. The molecule has 114 valence electrons. The molecular formula is C21H18IN. The molecule has 0 amide bonds. The highest BCUT2D eigenvalue weighted by Crippen LogP contribution is 2.33. The number of halogens is 1. The van der Waals surface area contributed by atoms with Crippen molar-refractivity contribution in [1.82, 2.24) is 0 Å². The van der Waals surface area contributed by atoms with Crippen molar-refractivity contribution in [3.8, 4) is 11.1 Å². The first-order valence-corrected chi connectivity index (χ1v) is 7.62. The second kappa shape index (κ2) is 6.28. The summed E-state index contributed by atoms with van der Waals surface area (Å²) in [6.45, 7) is 2.13. The van der Waals surface area contributed by atoms with Crippen LogP contribution in [0.1, 0.15) is 5.56 Å². The fourth-order valence-electron chi connectivity index (χ4n) is 3.26. The van der Waals surface area contributed by atoms with Crippen LogP contribution in [0.15, 0.2) is 72.8 Å². The Kier molecular flexibility index (Phi) is 4.35. The molecule has 1 nitrogen and oxygen atoms in total. The monoisotopic (exact) mass is 411 g/mol. The minimum atomic E-state index is 0. The number of para-hydroxylation sites is 2. The molecule has 3 aromatic carbocycles. The largest absolute Gasteiger partial charge is 1.00 e. The minimum absolute atomic E-state index is 0. The molecule has 0 bridgehead atoms. The van der Waals surface area contributed by atoms with E-state index in [1.54, 1.807) is 0 Å². The third kappa shape index (κ3) is 2.61. The van der Waals surface area contributed by atoms with Crippen LogP contribution in [-0.2, 0) is 7.05 Å². The van der Waals surface area contributed by atoms with E-state index in [-0.39, 0.29) is 24.0 Å². The molecule has 2 heteroatoms. The van der Waals surface area contributed by atoms with Crippen molar-refractivity contribution in [2.24, 2.45) is 7.05 Å². The number of nitrogens with zero attached hydrogens (tertiary/aromatic N) is 1. The van der Waals surface area contributed by atoms with Crippen LogP contribution in [0.3, 0.4) is 0 Å². The zero-order valence-corrected chi connectivity index (χ0v) is 15.4. The Morgan fingerprint density at radius 3 is 1.65 bits per heavy atom. The van der Waals surface area contributed by atoms with Crippen molar-refractivity contribution in [3.63, 3.8) is 0 Å². The standard InChI is InChI=1S/C21H18N.HI/c1-15-11-13-16(14-12-15)21-17-7-3-5-9-19(17)22(2)20-10-6-4-8-18(20)21;/h3-14H,1-2H3;1H/q+1;/p-1. The Bertz CT molecular complexity index is 931. The van der Waals surface area contributed by atoms with Crippen LogP contribution in [0.5, 0.6) is 0 Å². The molecule has 0 unspecified atom stereocenters. The molecule has 23 heavy (non-hydrogen) atoms. The fourth-order valence-corrected chi connectivity index (χ4v) is 3.26. The van der Waals surface area contributed by atoms with Crippen molar-refractivity contribution in [2.75, 3.05) is 0 Å². The third-order valence-corrected chi connectivity index (χ3v) is 4.41. The Balaban J connectivity index is 0.00000156. The highest BCUT2D eigenvalue weighted by Gasteiger charge is 2.17. The van der Waals surface area contributed by atoms with Gasteiger partial charge in [-0.25, -0.2) is 0 Å². The van der Waals surface area contributed by atoms with Gasteiger partial charge in [-0.1, -0.05) is 54.1 Å². The van der Waals surface area contributed by atoms with Gasteiger partial charge in [0, 0.05) is 17.7 Å².